The van der Waals surface area contributed by atoms with Gasteiger partial charge in [0, 0.05) is 16.1 Å². The largest absolute Gasteiger partial charge is 0.755 e. The van der Waals surface area contributed by atoms with Crippen LogP contribution < -0.4 is 4.31 Å². The molecular weight excluding hydrogens is 384 g/mol. The van der Waals surface area contributed by atoms with Crippen molar-refractivity contribution < 1.29 is 18.7 Å². The Morgan fingerprint density at radius 2 is 1.96 bits per heavy atom. The van der Waals surface area contributed by atoms with Gasteiger partial charge in [0.2, 0.25) is 0 Å². The van der Waals surface area contributed by atoms with Gasteiger partial charge in [-0.25, -0.2) is 9.78 Å². The van der Waals surface area contributed by atoms with Crippen molar-refractivity contribution in [3.63, 3.8) is 0 Å². The fourth-order valence-corrected chi connectivity index (χ4v) is 3.93. The summed E-state index contributed by atoms with van der Waals surface area (Å²) in [6.07, 6.45) is 1.43. The van der Waals surface area contributed by atoms with Gasteiger partial charge >= 0.3 is 5.97 Å². The summed E-state index contributed by atoms with van der Waals surface area (Å²) in [7, 11) is 0. The van der Waals surface area contributed by atoms with E-state index in [9.17, 15) is 18.7 Å². The molecule has 0 radical (unpaired) electrons. The molecule has 0 spiro atoms. The standard InChI is InChI=1S/C16H11ClN2O4S2/c17-11-6-4-10(5-7-11)13-9-12(15(24-13)16(20)21)19(25(22)23)14-3-1-2-8-18-14/h1-9H,(H,20,21)(H,22,23)/p-1. The SMILES string of the molecule is O=C(O)c1sc(-c2ccc(Cl)cc2)cc1N(c1ccccn1)S(=O)[O-]. The molecule has 25 heavy (non-hydrogen) atoms. The number of pyridine rings is 1. The highest BCUT2D eigenvalue weighted by molar-refractivity contribution is 7.81. The van der Waals surface area contributed by atoms with Crippen molar-refractivity contribution in [3.8, 4) is 10.4 Å². The van der Waals surface area contributed by atoms with Crippen LogP contribution in [0.5, 0.6) is 0 Å². The minimum absolute atomic E-state index is 0.0366. The molecule has 128 valence electrons. The predicted molar refractivity (Wildman–Crippen MR) is 97.0 cm³/mol. The van der Waals surface area contributed by atoms with E-state index in [1.807, 2.05) is 0 Å². The highest BCUT2D eigenvalue weighted by Crippen LogP contribution is 2.40. The van der Waals surface area contributed by atoms with E-state index in [-0.39, 0.29) is 16.4 Å². The highest BCUT2D eigenvalue weighted by atomic mass is 35.5. The Labute approximate surface area is 154 Å². The van der Waals surface area contributed by atoms with Gasteiger partial charge < -0.3 is 9.66 Å². The number of halogens is 1. The van der Waals surface area contributed by atoms with Crippen molar-refractivity contribution in [2.45, 2.75) is 0 Å². The maximum Gasteiger partial charge on any atom is 0.348 e. The molecule has 6 nitrogen and oxygen atoms in total. The van der Waals surface area contributed by atoms with Crippen LogP contribution in [-0.4, -0.2) is 24.8 Å². The summed E-state index contributed by atoms with van der Waals surface area (Å²) in [6, 6.07) is 13.1. The van der Waals surface area contributed by atoms with Crippen LogP contribution in [-0.2, 0) is 11.3 Å². The van der Waals surface area contributed by atoms with Crippen LogP contribution in [0.1, 0.15) is 9.67 Å². The highest BCUT2D eigenvalue weighted by Gasteiger charge is 2.23. The minimum atomic E-state index is -2.74. The number of carbonyl (C=O) groups is 1. The van der Waals surface area contributed by atoms with Crippen molar-refractivity contribution in [2.75, 3.05) is 4.31 Å². The Morgan fingerprint density at radius 1 is 1.24 bits per heavy atom. The Morgan fingerprint density at radius 3 is 2.52 bits per heavy atom. The number of rotatable bonds is 5. The van der Waals surface area contributed by atoms with Gasteiger partial charge in [0.25, 0.3) is 0 Å². The number of carboxylic acid groups (broad SMARTS) is 1. The lowest BCUT2D eigenvalue weighted by molar-refractivity contribution is 0.0703. The molecule has 0 saturated carbocycles. The Balaban J connectivity index is 2.15. The van der Waals surface area contributed by atoms with Crippen LogP contribution >= 0.6 is 22.9 Å². The molecule has 2 aromatic heterocycles. The number of thiophene rings is 1. The summed E-state index contributed by atoms with van der Waals surface area (Å²) >= 11 is 4.12. The van der Waals surface area contributed by atoms with E-state index in [2.05, 4.69) is 4.98 Å². The number of hydrogen-bond donors (Lipinski definition) is 1. The summed E-state index contributed by atoms with van der Waals surface area (Å²) in [5, 5.41) is 10.0. The molecule has 1 N–H and O–H groups in total. The van der Waals surface area contributed by atoms with E-state index < -0.39 is 17.2 Å². The number of aromatic nitrogens is 1. The van der Waals surface area contributed by atoms with Crippen molar-refractivity contribution in [1.29, 1.82) is 0 Å². The molecule has 2 heterocycles. The lowest BCUT2D eigenvalue weighted by Crippen LogP contribution is -2.21. The molecule has 1 unspecified atom stereocenters. The first-order valence-corrected chi connectivity index (χ1v) is 9.13. The zero-order chi connectivity index (χ0) is 18.0. The van der Waals surface area contributed by atoms with Crippen molar-refractivity contribution in [1.82, 2.24) is 4.98 Å². The van der Waals surface area contributed by atoms with E-state index in [1.54, 1.807) is 36.4 Å². The summed E-state index contributed by atoms with van der Waals surface area (Å²) < 4.78 is 24.4. The maximum atomic E-state index is 11.7. The first-order chi connectivity index (χ1) is 12.0. The van der Waals surface area contributed by atoms with Crippen molar-refractivity contribution in [3.05, 3.63) is 64.6 Å². The van der Waals surface area contributed by atoms with Gasteiger partial charge in [-0.15, -0.1) is 11.3 Å². The van der Waals surface area contributed by atoms with Gasteiger partial charge in [0.05, 0.1) is 17.0 Å². The molecule has 0 amide bonds. The predicted octanol–water partition coefficient (Wildman–Crippen LogP) is 4.09. The average Bonchev–Trinajstić information content (AvgIpc) is 3.01. The van der Waals surface area contributed by atoms with Crippen molar-refractivity contribution >= 4 is 51.7 Å². The molecule has 0 aliphatic carbocycles. The van der Waals surface area contributed by atoms with Gasteiger partial charge in [-0.3, -0.25) is 8.51 Å². The van der Waals surface area contributed by atoms with Crippen LogP contribution in [0.4, 0.5) is 11.5 Å². The van der Waals surface area contributed by atoms with Crippen LogP contribution in [0, 0.1) is 0 Å². The number of carboxylic acids is 1. The Hall–Kier alpha value is -2.26. The topological polar surface area (TPSA) is 93.6 Å². The zero-order valence-corrected chi connectivity index (χ0v) is 14.8. The monoisotopic (exact) mass is 393 g/mol. The number of hydrogen-bond acceptors (Lipinski definition) is 5. The molecule has 0 bridgehead atoms. The van der Waals surface area contributed by atoms with Gasteiger partial charge in [-0.2, -0.15) is 0 Å². The molecule has 0 saturated heterocycles. The van der Waals surface area contributed by atoms with Gasteiger partial charge in [0.1, 0.15) is 10.7 Å². The number of nitrogens with zero attached hydrogens (tertiary/aromatic N) is 2. The second kappa shape index (κ2) is 7.32. The van der Waals surface area contributed by atoms with Crippen LogP contribution in [0.15, 0.2) is 54.7 Å². The average molecular weight is 394 g/mol. The summed E-state index contributed by atoms with van der Waals surface area (Å²) in [5.41, 5.74) is 0.773. The molecule has 1 aromatic carbocycles. The van der Waals surface area contributed by atoms with E-state index in [0.29, 0.717) is 9.90 Å². The smallest absolute Gasteiger partial charge is 0.348 e. The molecule has 0 aliphatic rings. The van der Waals surface area contributed by atoms with E-state index in [0.717, 1.165) is 21.2 Å². The summed E-state index contributed by atoms with van der Waals surface area (Å²) in [5.74, 6) is -1.11. The number of anilines is 2. The molecule has 9 heteroatoms. The van der Waals surface area contributed by atoms with Gasteiger partial charge in [-0.1, -0.05) is 29.8 Å². The van der Waals surface area contributed by atoms with E-state index >= 15 is 0 Å². The van der Waals surface area contributed by atoms with Crippen molar-refractivity contribution in [2.24, 2.45) is 0 Å². The first kappa shape index (κ1) is 17.6. The number of aromatic carboxylic acids is 1. The third-order valence-corrected chi connectivity index (χ3v) is 5.36. The second-order valence-corrected chi connectivity index (χ2v) is 7.12. The third kappa shape index (κ3) is 3.72. The molecule has 0 fully saturated rings. The second-order valence-electron chi connectivity index (χ2n) is 4.84. The fraction of sp³-hybridized carbons (Fsp3) is 0. The molecule has 1 atom stereocenters. The zero-order valence-electron chi connectivity index (χ0n) is 12.5. The normalized spacial score (nSPS) is 11.9. The third-order valence-electron chi connectivity index (χ3n) is 3.26. The lowest BCUT2D eigenvalue weighted by atomic mass is 10.2. The fourth-order valence-electron chi connectivity index (χ4n) is 2.20. The van der Waals surface area contributed by atoms with Crippen LogP contribution in [0.2, 0.25) is 5.02 Å². The molecule has 0 aliphatic heterocycles. The van der Waals surface area contributed by atoms with Crippen LogP contribution in [0.25, 0.3) is 10.4 Å². The van der Waals surface area contributed by atoms with Gasteiger partial charge in [0.15, 0.2) is 0 Å². The maximum absolute atomic E-state index is 11.7. The lowest BCUT2D eigenvalue weighted by Gasteiger charge is -2.24. The number of benzene rings is 1. The summed E-state index contributed by atoms with van der Waals surface area (Å²) in [4.78, 5) is 16.1. The first-order valence-electron chi connectivity index (χ1n) is 6.91. The van der Waals surface area contributed by atoms with Gasteiger partial charge in [-0.05, 0) is 35.9 Å². The quantitative estimate of drug-likeness (QED) is 0.659. The van der Waals surface area contributed by atoms with E-state index in [1.165, 1.54) is 18.3 Å². The molecule has 3 rings (SSSR count). The van der Waals surface area contributed by atoms with E-state index in [4.69, 9.17) is 11.6 Å². The molecular formula is C16H10ClN2O4S2-. The Bertz CT molecular complexity index is 929. The molecule has 3 aromatic rings. The Kier molecular flexibility index (Phi) is 5.14. The summed E-state index contributed by atoms with van der Waals surface area (Å²) in [6.45, 7) is 0. The minimum Gasteiger partial charge on any atom is -0.755 e. The van der Waals surface area contributed by atoms with Crippen LogP contribution in [0.3, 0.4) is 0 Å².